The van der Waals surface area contributed by atoms with E-state index in [9.17, 15) is 23.1 Å². The Hall–Kier alpha value is -3.26. The van der Waals surface area contributed by atoms with Gasteiger partial charge in [-0.15, -0.1) is 0 Å². The Bertz CT molecular complexity index is 1340. The molecular weight excluding hydrogens is 493 g/mol. The fourth-order valence-electron chi connectivity index (χ4n) is 7.86. The van der Waals surface area contributed by atoms with Crippen molar-refractivity contribution in [3.8, 4) is 11.5 Å². The molecule has 2 heterocycles. The summed E-state index contributed by atoms with van der Waals surface area (Å²) in [5.74, 6) is -0.508. The molecular formula is C30H32F3N2O3+. The van der Waals surface area contributed by atoms with Gasteiger partial charge in [0.25, 0.3) is 5.91 Å². The number of phenolic OH excluding ortho intramolecular Hbond substituents is 1. The lowest BCUT2D eigenvalue weighted by molar-refractivity contribution is -0.940. The van der Waals surface area contributed by atoms with E-state index in [0.29, 0.717) is 24.1 Å². The molecule has 2 N–H and O–H groups in total. The van der Waals surface area contributed by atoms with E-state index in [1.807, 2.05) is 6.08 Å². The molecule has 2 bridgehead atoms. The second-order valence-corrected chi connectivity index (χ2v) is 11.4. The number of ether oxygens (including phenoxy) is 1. The van der Waals surface area contributed by atoms with Crippen molar-refractivity contribution in [3.63, 3.8) is 0 Å². The summed E-state index contributed by atoms with van der Waals surface area (Å²) >= 11 is 0. The van der Waals surface area contributed by atoms with Gasteiger partial charge >= 0.3 is 6.18 Å². The van der Waals surface area contributed by atoms with Gasteiger partial charge in [-0.25, -0.2) is 0 Å². The van der Waals surface area contributed by atoms with E-state index in [-0.39, 0.29) is 28.5 Å². The lowest BCUT2D eigenvalue weighted by Crippen LogP contribution is -2.70. The third-order valence-corrected chi connectivity index (χ3v) is 9.48. The molecule has 2 aliphatic carbocycles. The average molecular weight is 526 g/mol. The first kappa shape index (κ1) is 25.0. The van der Waals surface area contributed by atoms with Crippen molar-refractivity contribution < 1.29 is 32.3 Å². The van der Waals surface area contributed by atoms with Crippen LogP contribution in [0.2, 0.25) is 0 Å². The number of nitrogens with zero attached hydrogens (tertiary/aromatic N) is 1. The zero-order chi connectivity index (χ0) is 26.9. The van der Waals surface area contributed by atoms with Crippen LogP contribution in [0.15, 0.2) is 54.6 Å². The maximum absolute atomic E-state index is 14.0. The van der Waals surface area contributed by atoms with Gasteiger partial charge < -0.3 is 19.6 Å². The first-order chi connectivity index (χ1) is 18.1. The molecule has 5 nitrogen and oxygen atoms in total. The Balaban J connectivity index is 1.43. The highest BCUT2D eigenvalue weighted by Gasteiger charge is 2.67. The van der Waals surface area contributed by atoms with Gasteiger partial charge in [-0.1, -0.05) is 36.9 Å². The molecule has 200 valence electrons. The monoisotopic (exact) mass is 525 g/mol. The molecule has 1 amide bonds. The molecule has 0 radical (unpaired) electrons. The Kier molecular flexibility index (Phi) is 5.69. The number of alkyl halides is 3. The van der Waals surface area contributed by atoms with Gasteiger partial charge in [-0.05, 0) is 37.0 Å². The van der Waals surface area contributed by atoms with E-state index in [0.717, 1.165) is 60.5 Å². The molecule has 8 heteroatoms. The van der Waals surface area contributed by atoms with Crippen LogP contribution < -0.4 is 10.1 Å². The SMILES string of the molecule is C=CC[N+]1(C)CC[C@]23c4c5c(O)cc(NC(=O)C(=Cc6ccccc6)C(F)(F)F)c4O[C@H]2CCC[C@H]3[C@H]1C5. The normalized spacial score (nSPS) is 31.3. The van der Waals surface area contributed by atoms with Crippen LogP contribution in [0.5, 0.6) is 11.5 Å². The van der Waals surface area contributed by atoms with Crippen molar-refractivity contribution in [1.82, 2.24) is 0 Å². The summed E-state index contributed by atoms with van der Waals surface area (Å²) in [5, 5.41) is 13.7. The van der Waals surface area contributed by atoms with Gasteiger partial charge in [-0.3, -0.25) is 4.79 Å². The number of nitrogens with one attached hydrogen (secondary N) is 1. The minimum atomic E-state index is -4.86. The lowest BCUT2D eigenvalue weighted by Gasteiger charge is -2.60. The van der Waals surface area contributed by atoms with E-state index in [4.69, 9.17) is 4.74 Å². The number of phenols is 1. The highest BCUT2D eigenvalue weighted by molar-refractivity contribution is 6.08. The van der Waals surface area contributed by atoms with E-state index in [2.05, 4.69) is 18.9 Å². The number of likely N-dealkylation sites (N-methyl/N-ethyl adjacent to an activating group) is 1. The standard InChI is InChI=1S/C30H31F3N2O3/c1-3-13-35(2)14-12-29-20-10-7-11-25(29)38-27-22(17-24(36)19(26(27)29)16-23(20)35)34-28(37)21(30(31,32)33)15-18-8-5-4-6-9-18/h3-6,8-9,15,17,20,23,25H,1,7,10-14,16H2,2H3,(H-,34,36,37)/p+1/t20-,23+,25-,29+,35?/m0/s1. The summed E-state index contributed by atoms with van der Waals surface area (Å²) in [5.41, 5.74) is 0.483. The Morgan fingerprint density at radius 3 is 2.76 bits per heavy atom. The lowest BCUT2D eigenvalue weighted by atomic mass is 9.51. The molecule has 1 saturated carbocycles. The number of rotatable bonds is 5. The maximum atomic E-state index is 14.0. The Labute approximate surface area is 220 Å². The van der Waals surface area contributed by atoms with Crippen molar-refractivity contribution in [3.05, 3.63) is 71.3 Å². The maximum Gasteiger partial charge on any atom is 0.421 e. The van der Waals surface area contributed by atoms with Crippen LogP contribution in [0.25, 0.3) is 6.08 Å². The number of quaternary nitrogens is 1. The molecule has 1 spiro atoms. The second kappa shape index (κ2) is 8.63. The van der Waals surface area contributed by atoms with Crippen LogP contribution in [-0.2, 0) is 16.6 Å². The van der Waals surface area contributed by atoms with E-state index < -0.39 is 17.7 Å². The number of aromatic hydroxyl groups is 1. The van der Waals surface area contributed by atoms with Crippen molar-refractivity contribution >= 4 is 17.7 Å². The van der Waals surface area contributed by atoms with Crippen molar-refractivity contribution in [1.29, 1.82) is 0 Å². The fraction of sp³-hybridized carbons (Fsp3) is 0.433. The number of anilines is 1. The van der Waals surface area contributed by atoms with E-state index >= 15 is 0 Å². The number of hydrogen-bond donors (Lipinski definition) is 2. The van der Waals surface area contributed by atoms with Crippen molar-refractivity contribution in [2.75, 3.05) is 25.5 Å². The Morgan fingerprint density at radius 1 is 1.29 bits per heavy atom. The molecule has 38 heavy (non-hydrogen) atoms. The molecule has 6 rings (SSSR count). The largest absolute Gasteiger partial charge is 0.508 e. The molecule has 2 aromatic carbocycles. The summed E-state index contributed by atoms with van der Waals surface area (Å²) in [7, 11) is 2.26. The Morgan fingerprint density at radius 2 is 2.05 bits per heavy atom. The fourth-order valence-corrected chi connectivity index (χ4v) is 7.86. The van der Waals surface area contributed by atoms with Crippen LogP contribution in [0.3, 0.4) is 0 Å². The van der Waals surface area contributed by atoms with Crippen LogP contribution in [0.1, 0.15) is 42.4 Å². The van der Waals surface area contributed by atoms with Gasteiger partial charge in [0, 0.05) is 36.0 Å². The summed E-state index contributed by atoms with van der Waals surface area (Å²) in [4.78, 5) is 13.1. The first-order valence-corrected chi connectivity index (χ1v) is 13.2. The quantitative estimate of drug-likeness (QED) is 0.298. The number of carbonyl (C=O) groups excluding carboxylic acids is 1. The minimum absolute atomic E-state index is 0.00403. The number of benzene rings is 2. The molecule has 1 unspecified atom stereocenters. The third-order valence-electron chi connectivity index (χ3n) is 9.48. The topological polar surface area (TPSA) is 58.6 Å². The van der Waals surface area contributed by atoms with Crippen molar-refractivity contribution in [2.45, 2.75) is 55.8 Å². The molecule has 2 fully saturated rings. The molecule has 1 saturated heterocycles. The van der Waals surface area contributed by atoms with Gasteiger partial charge in [-0.2, -0.15) is 13.2 Å². The number of likely N-dealkylation sites (tertiary alicyclic amines) is 1. The van der Waals surface area contributed by atoms with Gasteiger partial charge in [0.1, 0.15) is 23.2 Å². The molecule has 4 aliphatic rings. The number of hydrogen-bond acceptors (Lipinski definition) is 3. The number of carbonyl (C=O) groups is 1. The predicted molar refractivity (Wildman–Crippen MR) is 139 cm³/mol. The van der Waals surface area contributed by atoms with Crippen molar-refractivity contribution in [2.24, 2.45) is 5.92 Å². The van der Waals surface area contributed by atoms with Gasteiger partial charge in [0.2, 0.25) is 0 Å². The highest BCUT2D eigenvalue weighted by Crippen LogP contribution is 2.65. The molecule has 2 aliphatic heterocycles. The minimum Gasteiger partial charge on any atom is -0.508 e. The molecule has 2 aromatic rings. The highest BCUT2D eigenvalue weighted by atomic mass is 19.4. The first-order valence-electron chi connectivity index (χ1n) is 13.2. The van der Waals surface area contributed by atoms with E-state index in [1.54, 1.807) is 18.2 Å². The number of halogens is 3. The van der Waals surface area contributed by atoms with Crippen LogP contribution in [0, 0.1) is 5.92 Å². The number of amides is 1. The number of piperidine rings is 1. The average Bonchev–Trinajstić information content (AvgIpc) is 3.21. The van der Waals surface area contributed by atoms with Gasteiger partial charge in [0.05, 0.1) is 37.3 Å². The molecule has 5 atom stereocenters. The predicted octanol–water partition coefficient (Wildman–Crippen LogP) is 5.74. The zero-order valence-electron chi connectivity index (χ0n) is 21.4. The van der Waals surface area contributed by atoms with Gasteiger partial charge in [0.15, 0.2) is 0 Å². The summed E-state index contributed by atoms with van der Waals surface area (Å²) in [6.07, 6.45) is 2.25. The molecule has 0 aromatic heterocycles. The summed E-state index contributed by atoms with van der Waals surface area (Å²) in [6.45, 7) is 5.75. The van der Waals surface area contributed by atoms with E-state index in [1.165, 1.54) is 18.2 Å². The van der Waals surface area contributed by atoms with Crippen LogP contribution >= 0.6 is 0 Å². The zero-order valence-corrected chi connectivity index (χ0v) is 21.4. The second-order valence-electron chi connectivity index (χ2n) is 11.4. The third kappa shape index (κ3) is 3.60. The summed E-state index contributed by atoms with van der Waals surface area (Å²) < 4.78 is 49.3. The smallest absolute Gasteiger partial charge is 0.421 e. The van der Waals surface area contributed by atoms with Crippen LogP contribution in [-0.4, -0.2) is 54.0 Å². The summed E-state index contributed by atoms with van der Waals surface area (Å²) in [6, 6.07) is 9.60. The van der Waals surface area contributed by atoms with Crippen LogP contribution in [0.4, 0.5) is 18.9 Å².